The number of aliphatic hydroxyl groups is 1. The fraction of sp³-hybridized carbons (Fsp3) is 0.375. The van der Waals surface area contributed by atoms with Gasteiger partial charge in [0.1, 0.15) is 6.61 Å². The van der Waals surface area contributed by atoms with Crippen LogP contribution in [0, 0.1) is 5.92 Å². The minimum Gasteiger partial charge on any atom is -0.468 e. The van der Waals surface area contributed by atoms with E-state index in [0.29, 0.717) is 13.0 Å². The van der Waals surface area contributed by atoms with Crippen LogP contribution in [0.25, 0.3) is 0 Å². The van der Waals surface area contributed by atoms with Crippen molar-refractivity contribution >= 4 is 23.3 Å². The normalized spacial score (nSPS) is 20.8. The second-order valence-corrected chi connectivity index (χ2v) is 5.49. The van der Waals surface area contributed by atoms with Crippen LogP contribution in [0.3, 0.4) is 0 Å². The SMILES string of the molecule is C=C[C@@H](O)[C@H](C)C(=O)N1C(=S)OC[C@@H]1Cc1ccccc1. The first-order valence-corrected chi connectivity index (χ1v) is 7.29. The van der Waals surface area contributed by atoms with Crippen molar-refractivity contribution < 1.29 is 14.6 Å². The average molecular weight is 305 g/mol. The monoisotopic (exact) mass is 305 g/mol. The Morgan fingerprint density at radius 1 is 1.57 bits per heavy atom. The lowest BCUT2D eigenvalue weighted by Gasteiger charge is -2.25. The maximum absolute atomic E-state index is 12.5. The Balaban J connectivity index is 2.13. The summed E-state index contributed by atoms with van der Waals surface area (Å²) in [5.41, 5.74) is 1.12. The van der Waals surface area contributed by atoms with Crippen molar-refractivity contribution in [1.82, 2.24) is 4.90 Å². The van der Waals surface area contributed by atoms with Crippen molar-refractivity contribution in [3.63, 3.8) is 0 Å². The third kappa shape index (κ3) is 3.49. The van der Waals surface area contributed by atoms with Gasteiger partial charge in [-0.2, -0.15) is 0 Å². The lowest BCUT2D eigenvalue weighted by molar-refractivity contribution is -0.134. The van der Waals surface area contributed by atoms with Gasteiger partial charge >= 0.3 is 0 Å². The molecule has 1 aliphatic heterocycles. The van der Waals surface area contributed by atoms with E-state index in [4.69, 9.17) is 17.0 Å². The van der Waals surface area contributed by atoms with Gasteiger partial charge in [-0.3, -0.25) is 9.69 Å². The van der Waals surface area contributed by atoms with E-state index in [0.717, 1.165) is 5.56 Å². The number of amides is 1. The lowest BCUT2D eigenvalue weighted by Crippen LogP contribution is -2.45. The molecule has 1 aromatic carbocycles. The fourth-order valence-corrected chi connectivity index (χ4v) is 2.64. The topological polar surface area (TPSA) is 49.8 Å². The van der Waals surface area contributed by atoms with Crippen molar-refractivity contribution in [2.45, 2.75) is 25.5 Å². The summed E-state index contributed by atoms with van der Waals surface area (Å²) in [4.78, 5) is 14.0. The lowest BCUT2D eigenvalue weighted by atomic mass is 10.0. The first-order valence-electron chi connectivity index (χ1n) is 6.89. The molecule has 0 unspecified atom stereocenters. The molecule has 0 spiro atoms. The molecular weight excluding hydrogens is 286 g/mol. The van der Waals surface area contributed by atoms with Crippen molar-refractivity contribution in [1.29, 1.82) is 0 Å². The number of hydrogen-bond donors (Lipinski definition) is 1. The largest absolute Gasteiger partial charge is 0.468 e. The highest BCUT2D eigenvalue weighted by Gasteiger charge is 2.38. The maximum Gasteiger partial charge on any atom is 0.266 e. The zero-order chi connectivity index (χ0) is 15.4. The van der Waals surface area contributed by atoms with E-state index in [9.17, 15) is 9.90 Å². The predicted octanol–water partition coefficient (Wildman–Crippen LogP) is 1.92. The van der Waals surface area contributed by atoms with Crippen LogP contribution in [0.4, 0.5) is 0 Å². The number of rotatable bonds is 5. The second-order valence-electron chi connectivity index (χ2n) is 5.14. The molecule has 3 atom stereocenters. The van der Waals surface area contributed by atoms with Crippen LogP contribution < -0.4 is 0 Å². The summed E-state index contributed by atoms with van der Waals surface area (Å²) in [6, 6.07) is 9.74. The molecule has 1 heterocycles. The highest BCUT2D eigenvalue weighted by atomic mass is 32.1. The minimum atomic E-state index is -0.890. The van der Waals surface area contributed by atoms with Gasteiger partial charge in [0, 0.05) is 0 Å². The molecule has 2 rings (SSSR count). The molecule has 0 radical (unpaired) electrons. The molecule has 0 bridgehead atoms. The van der Waals surface area contributed by atoms with Crippen LogP contribution >= 0.6 is 12.2 Å². The molecule has 1 amide bonds. The number of nitrogens with zero attached hydrogens (tertiary/aromatic N) is 1. The van der Waals surface area contributed by atoms with Gasteiger partial charge in [-0.1, -0.05) is 43.3 Å². The standard InChI is InChI=1S/C16H19NO3S/c1-3-14(18)11(2)15(19)17-13(10-20-16(17)21)9-12-7-5-4-6-8-12/h3-8,11,13-14,18H,1,9-10H2,2H3/t11-,13-,14+/m0/s1. The Bertz CT molecular complexity index is 532. The van der Waals surface area contributed by atoms with Gasteiger partial charge in [-0.05, 0) is 24.2 Å². The molecule has 0 aliphatic carbocycles. The highest BCUT2D eigenvalue weighted by molar-refractivity contribution is 7.80. The Kier molecular flexibility index (Phi) is 5.09. The first-order chi connectivity index (χ1) is 10.0. The summed E-state index contributed by atoms with van der Waals surface area (Å²) < 4.78 is 5.36. The molecule has 4 nitrogen and oxygen atoms in total. The van der Waals surface area contributed by atoms with Gasteiger partial charge in [-0.15, -0.1) is 6.58 Å². The molecular formula is C16H19NO3S. The number of carbonyl (C=O) groups excluding carboxylic acids is 1. The van der Waals surface area contributed by atoms with E-state index >= 15 is 0 Å². The molecule has 1 aliphatic rings. The predicted molar refractivity (Wildman–Crippen MR) is 84.7 cm³/mol. The van der Waals surface area contributed by atoms with Crippen LogP contribution in [-0.4, -0.2) is 39.8 Å². The number of hydrogen-bond acceptors (Lipinski definition) is 4. The van der Waals surface area contributed by atoms with Crippen LogP contribution in [0.15, 0.2) is 43.0 Å². The Labute approximate surface area is 130 Å². The number of carbonyl (C=O) groups is 1. The third-order valence-corrected chi connectivity index (χ3v) is 3.97. The van der Waals surface area contributed by atoms with E-state index in [-0.39, 0.29) is 17.1 Å². The molecule has 0 saturated carbocycles. The third-order valence-electron chi connectivity index (χ3n) is 3.66. The summed E-state index contributed by atoms with van der Waals surface area (Å²) in [6.07, 6.45) is 1.14. The summed E-state index contributed by atoms with van der Waals surface area (Å²) in [6.45, 7) is 5.56. The van der Waals surface area contributed by atoms with Gasteiger partial charge in [0.25, 0.3) is 5.17 Å². The summed E-state index contributed by atoms with van der Waals surface area (Å²) in [7, 11) is 0. The van der Waals surface area contributed by atoms with Gasteiger partial charge in [0.05, 0.1) is 18.1 Å². The van der Waals surface area contributed by atoms with Crippen LogP contribution in [0.1, 0.15) is 12.5 Å². The quantitative estimate of drug-likeness (QED) is 0.667. The smallest absolute Gasteiger partial charge is 0.266 e. The zero-order valence-corrected chi connectivity index (χ0v) is 12.8. The number of aliphatic hydroxyl groups excluding tert-OH is 1. The van der Waals surface area contributed by atoms with Gasteiger partial charge in [0.2, 0.25) is 5.91 Å². The molecule has 1 N–H and O–H groups in total. The summed E-state index contributed by atoms with van der Waals surface area (Å²) in [5.74, 6) is -0.828. The molecule has 1 fully saturated rings. The van der Waals surface area contributed by atoms with E-state index in [1.807, 2.05) is 30.3 Å². The van der Waals surface area contributed by atoms with Gasteiger partial charge in [0.15, 0.2) is 0 Å². The number of benzene rings is 1. The van der Waals surface area contributed by atoms with E-state index in [2.05, 4.69) is 6.58 Å². The van der Waals surface area contributed by atoms with Gasteiger partial charge in [-0.25, -0.2) is 0 Å². The maximum atomic E-state index is 12.5. The van der Waals surface area contributed by atoms with E-state index in [1.165, 1.54) is 11.0 Å². The Hall–Kier alpha value is -1.72. The molecule has 1 saturated heterocycles. The van der Waals surface area contributed by atoms with E-state index < -0.39 is 12.0 Å². The van der Waals surface area contributed by atoms with Crippen molar-refractivity contribution in [3.05, 3.63) is 48.6 Å². The summed E-state index contributed by atoms with van der Waals surface area (Å²) >= 11 is 5.13. The molecule has 1 aromatic rings. The van der Waals surface area contributed by atoms with Crippen molar-refractivity contribution in [3.8, 4) is 0 Å². The van der Waals surface area contributed by atoms with Gasteiger partial charge < -0.3 is 9.84 Å². The number of thiocarbonyl (C=S) groups is 1. The first kappa shape index (κ1) is 15.7. The second kappa shape index (κ2) is 6.83. The molecule has 0 aromatic heterocycles. The molecule has 21 heavy (non-hydrogen) atoms. The number of ether oxygens (including phenoxy) is 1. The highest BCUT2D eigenvalue weighted by Crippen LogP contribution is 2.21. The molecule has 112 valence electrons. The average Bonchev–Trinajstić information content (AvgIpc) is 2.86. The Morgan fingerprint density at radius 2 is 2.24 bits per heavy atom. The van der Waals surface area contributed by atoms with Crippen molar-refractivity contribution in [2.75, 3.05) is 6.61 Å². The van der Waals surface area contributed by atoms with Crippen LogP contribution in [-0.2, 0) is 16.0 Å². The van der Waals surface area contributed by atoms with Crippen molar-refractivity contribution in [2.24, 2.45) is 5.92 Å². The van der Waals surface area contributed by atoms with Crippen LogP contribution in [0.2, 0.25) is 0 Å². The summed E-state index contributed by atoms with van der Waals surface area (Å²) in [5, 5.41) is 9.95. The minimum absolute atomic E-state index is 0.133. The molecule has 5 heteroatoms. The van der Waals surface area contributed by atoms with Crippen LogP contribution in [0.5, 0.6) is 0 Å². The van der Waals surface area contributed by atoms with E-state index in [1.54, 1.807) is 6.92 Å². The Morgan fingerprint density at radius 3 is 2.86 bits per heavy atom. The fourth-order valence-electron chi connectivity index (χ4n) is 2.34. The zero-order valence-electron chi connectivity index (χ0n) is 11.9.